The van der Waals surface area contributed by atoms with Gasteiger partial charge in [-0.25, -0.2) is 0 Å². The van der Waals surface area contributed by atoms with Crippen molar-refractivity contribution in [2.75, 3.05) is 0 Å². The molecule has 1 heteroatoms. The number of hydrogen-bond donors (Lipinski definition) is 0. The van der Waals surface area contributed by atoms with Gasteiger partial charge < -0.3 is 0 Å². The van der Waals surface area contributed by atoms with Crippen LogP contribution in [-0.4, -0.2) is 17.7 Å². The van der Waals surface area contributed by atoms with Crippen molar-refractivity contribution in [3.63, 3.8) is 0 Å². The van der Waals surface area contributed by atoms with Gasteiger partial charge in [0.15, 0.2) is 0 Å². The van der Waals surface area contributed by atoms with Crippen LogP contribution < -0.4 is 0 Å². The van der Waals surface area contributed by atoms with Gasteiger partial charge >= 0.3 is 224 Å². The van der Waals surface area contributed by atoms with Crippen molar-refractivity contribution < 1.29 is 0 Å². The Morgan fingerprint density at radius 3 is 0.944 bits per heavy atom. The molecule has 0 unspecified atom stereocenters. The predicted molar refractivity (Wildman–Crippen MR) is 153 cm³/mol. The van der Waals surface area contributed by atoms with E-state index in [-0.39, 0.29) is 4.09 Å². The minimum atomic E-state index is -0.361. The first-order chi connectivity index (χ1) is 17.8. The van der Waals surface area contributed by atoms with E-state index >= 15 is 0 Å². The Bertz CT molecular complexity index is 1430. The average molecular weight is 453 g/mol. The molecule has 0 heterocycles. The van der Waals surface area contributed by atoms with Crippen molar-refractivity contribution >= 4 is 40.0 Å². The van der Waals surface area contributed by atoms with E-state index in [0.29, 0.717) is 0 Å². The monoisotopic (exact) mass is 452 g/mol. The molecule has 0 aliphatic heterocycles. The van der Waals surface area contributed by atoms with E-state index in [0.717, 1.165) is 0 Å². The molecule has 0 aromatic heterocycles. The summed E-state index contributed by atoms with van der Waals surface area (Å²) in [7, 11) is 0. The van der Waals surface area contributed by atoms with Gasteiger partial charge in [0, 0.05) is 0 Å². The number of benzene rings is 5. The van der Waals surface area contributed by atoms with Crippen molar-refractivity contribution in [2.45, 2.75) is 4.09 Å². The van der Waals surface area contributed by atoms with Gasteiger partial charge in [0.2, 0.25) is 0 Å². The molecule has 5 aromatic rings. The Balaban J connectivity index is 1.82. The van der Waals surface area contributed by atoms with E-state index < -0.39 is 0 Å². The van der Waals surface area contributed by atoms with E-state index in [1.807, 2.05) is 0 Å². The van der Waals surface area contributed by atoms with Gasteiger partial charge in [-0.1, -0.05) is 0 Å². The molecule has 0 atom stereocenters. The zero-order chi connectivity index (χ0) is 24.4. The standard InChI is InChI=1S/C35H25.Li/c1-6-16-26(17-7-1)31-32(27-18-8-2-9-19-27)34(29-22-12-4-13-23-29)35(30-24-14-5-15-25-30)33(31)28-20-10-3-11-21-28;/h1-25H;. The van der Waals surface area contributed by atoms with Crippen LogP contribution in [0, 0.1) is 0 Å². The SMILES string of the molecule is [Li][C]1(c2ccccc2)C(c2ccccc2)=C(c2ccccc2)C(c2ccccc2)=C1c1ccccc1. The number of allylic oxidation sites excluding steroid dienone is 4. The molecule has 0 nitrogen and oxygen atoms in total. The van der Waals surface area contributed by atoms with Crippen LogP contribution in [0.15, 0.2) is 152 Å². The fraction of sp³-hybridized carbons (Fsp3) is 0.0286. The summed E-state index contributed by atoms with van der Waals surface area (Å²) in [4.78, 5) is 0. The van der Waals surface area contributed by atoms with Crippen LogP contribution in [0.4, 0.5) is 0 Å². The molecule has 166 valence electrons. The second-order valence-electron chi connectivity index (χ2n) is 9.46. The first-order valence-corrected chi connectivity index (χ1v) is 12.6. The predicted octanol–water partition coefficient (Wildman–Crippen LogP) is 8.29. The fourth-order valence-electron chi connectivity index (χ4n) is 5.80. The van der Waals surface area contributed by atoms with Crippen LogP contribution in [0.25, 0.3) is 22.3 Å². The summed E-state index contributed by atoms with van der Waals surface area (Å²) < 4.78 is -0.361. The van der Waals surface area contributed by atoms with E-state index in [9.17, 15) is 0 Å². The zero-order valence-corrected chi connectivity index (χ0v) is 20.4. The van der Waals surface area contributed by atoms with E-state index in [4.69, 9.17) is 0 Å². The molecule has 6 rings (SSSR count). The molecule has 0 N–H and O–H groups in total. The van der Waals surface area contributed by atoms with Gasteiger partial charge in [-0.15, -0.1) is 0 Å². The molecular formula is C35H25Li. The molecule has 0 saturated carbocycles. The first kappa shape index (κ1) is 22.6. The van der Waals surface area contributed by atoms with Crippen molar-refractivity contribution in [1.29, 1.82) is 0 Å². The summed E-state index contributed by atoms with van der Waals surface area (Å²) in [5.74, 6) is 0. The maximum absolute atomic E-state index is 2.41. The zero-order valence-electron chi connectivity index (χ0n) is 20.4. The summed E-state index contributed by atoms with van der Waals surface area (Å²) in [6, 6.07) is 54.6. The van der Waals surface area contributed by atoms with E-state index in [1.165, 1.54) is 50.1 Å². The van der Waals surface area contributed by atoms with Gasteiger partial charge in [0.1, 0.15) is 0 Å². The third kappa shape index (κ3) is 3.80. The summed E-state index contributed by atoms with van der Waals surface area (Å²) in [6.45, 7) is 0. The Morgan fingerprint density at radius 2 is 0.611 bits per heavy atom. The first-order valence-electron chi connectivity index (χ1n) is 12.6. The second-order valence-corrected chi connectivity index (χ2v) is 9.46. The van der Waals surface area contributed by atoms with Crippen LogP contribution in [0.1, 0.15) is 27.8 Å². The number of rotatable bonds is 5. The quantitative estimate of drug-likeness (QED) is 0.235. The van der Waals surface area contributed by atoms with Crippen LogP contribution in [0.5, 0.6) is 0 Å². The molecule has 0 bridgehead atoms. The molecule has 36 heavy (non-hydrogen) atoms. The van der Waals surface area contributed by atoms with Crippen LogP contribution >= 0.6 is 0 Å². The third-order valence-corrected chi connectivity index (χ3v) is 7.35. The van der Waals surface area contributed by atoms with Crippen molar-refractivity contribution in [2.24, 2.45) is 0 Å². The van der Waals surface area contributed by atoms with Crippen molar-refractivity contribution in [3.05, 3.63) is 179 Å². The molecule has 1 aliphatic carbocycles. The van der Waals surface area contributed by atoms with Crippen molar-refractivity contribution in [1.82, 2.24) is 0 Å². The molecule has 5 aromatic carbocycles. The summed E-state index contributed by atoms with van der Waals surface area (Å²) in [5, 5.41) is 0. The van der Waals surface area contributed by atoms with Gasteiger partial charge in [-0.3, -0.25) is 0 Å². The summed E-state index contributed by atoms with van der Waals surface area (Å²) in [5.41, 5.74) is 11.6. The van der Waals surface area contributed by atoms with E-state index in [2.05, 4.69) is 169 Å². The van der Waals surface area contributed by atoms with Crippen LogP contribution in [0.3, 0.4) is 0 Å². The normalized spacial score (nSPS) is 14.8. The topological polar surface area (TPSA) is 0 Å². The Hall–Kier alpha value is -3.82. The third-order valence-electron chi connectivity index (χ3n) is 7.35. The van der Waals surface area contributed by atoms with Crippen molar-refractivity contribution in [3.8, 4) is 0 Å². The Kier molecular flexibility index (Phi) is 6.08. The van der Waals surface area contributed by atoms with Crippen LogP contribution in [0.2, 0.25) is 0 Å². The minimum absolute atomic E-state index is 0.361. The molecule has 0 amide bonds. The number of hydrogen-bond acceptors (Lipinski definition) is 0. The van der Waals surface area contributed by atoms with Gasteiger partial charge in [0.05, 0.1) is 0 Å². The molecule has 0 fully saturated rings. The van der Waals surface area contributed by atoms with Gasteiger partial charge in [-0.2, -0.15) is 0 Å². The fourth-order valence-corrected chi connectivity index (χ4v) is 5.80. The second kappa shape index (κ2) is 9.67. The molecule has 1 aliphatic rings. The molecule has 0 saturated heterocycles. The average Bonchev–Trinajstić information content (AvgIpc) is 3.25. The Morgan fingerprint density at radius 1 is 0.333 bits per heavy atom. The molecular weight excluding hydrogens is 427 g/mol. The summed E-state index contributed by atoms with van der Waals surface area (Å²) >= 11 is 2.41. The Labute approximate surface area is 222 Å². The van der Waals surface area contributed by atoms with Crippen LogP contribution in [-0.2, 0) is 4.09 Å². The van der Waals surface area contributed by atoms with E-state index in [1.54, 1.807) is 0 Å². The molecule has 0 radical (unpaired) electrons. The maximum atomic E-state index is 2.41. The summed E-state index contributed by atoms with van der Waals surface area (Å²) in [6.07, 6.45) is 0. The molecule has 0 spiro atoms. The van der Waals surface area contributed by atoms with Gasteiger partial charge in [-0.05, 0) is 0 Å². The van der Waals surface area contributed by atoms with Gasteiger partial charge in [0.25, 0.3) is 0 Å².